The number of hydrogen-bond donors (Lipinski definition) is 0. The van der Waals surface area contributed by atoms with Gasteiger partial charge in [0.2, 0.25) is 5.91 Å². The Kier molecular flexibility index (Phi) is 2.27. The third-order valence-electron chi connectivity index (χ3n) is 3.29. The Bertz CT molecular complexity index is 254. The number of alkyl halides is 2. The molecule has 1 heterocycles. The van der Waals surface area contributed by atoms with Crippen LogP contribution in [0.2, 0.25) is 0 Å². The molecule has 13 heavy (non-hydrogen) atoms. The largest absolute Gasteiger partial charge is 0.339 e. The predicted octanol–water partition coefficient (Wildman–Crippen LogP) is 2.36. The molecule has 2 aliphatic rings. The minimum absolute atomic E-state index is 0.132. The predicted molar refractivity (Wildman–Crippen MR) is 59.0 cm³/mol. The van der Waals surface area contributed by atoms with E-state index in [1.54, 1.807) is 6.92 Å². The Morgan fingerprint density at radius 1 is 1.62 bits per heavy atom. The van der Waals surface area contributed by atoms with E-state index in [1.165, 1.54) is 0 Å². The SMILES string of the molecule is CC[C@@H]1[C@@H]2[C@H](CN1C(C)=O)C2(Br)Br. The maximum atomic E-state index is 11.3. The van der Waals surface area contributed by atoms with E-state index in [9.17, 15) is 4.79 Å². The maximum absolute atomic E-state index is 11.3. The highest BCUT2D eigenvalue weighted by molar-refractivity contribution is 9.25. The van der Waals surface area contributed by atoms with Crippen molar-refractivity contribution in [2.75, 3.05) is 6.54 Å². The molecule has 2 rings (SSSR count). The highest BCUT2D eigenvalue weighted by Gasteiger charge is 2.70. The number of amides is 1. The molecule has 0 aromatic carbocycles. The molecule has 1 aliphatic carbocycles. The van der Waals surface area contributed by atoms with Gasteiger partial charge in [-0.25, -0.2) is 0 Å². The minimum Gasteiger partial charge on any atom is -0.339 e. The molecule has 1 saturated heterocycles. The van der Waals surface area contributed by atoms with Crippen molar-refractivity contribution in [3.05, 3.63) is 0 Å². The van der Waals surface area contributed by atoms with Crippen molar-refractivity contribution < 1.29 is 4.79 Å². The molecule has 0 radical (unpaired) electrons. The lowest BCUT2D eigenvalue weighted by atomic mass is 10.1. The quantitative estimate of drug-likeness (QED) is 0.681. The van der Waals surface area contributed by atoms with Crippen LogP contribution in [0.4, 0.5) is 0 Å². The first-order chi connectivity index (χ1) is 6.00. The van der Waals surface area contributed by atoms with Crippen LogP contribution in [0.15, 0.2) is 0 Å². The van der Waals surface area contributed by atoms with Crippen LogP contribution in [0.5, 0.6) is 0 Å². The van der Waals surface area contributed by atoms with E-state index in [0.717, 1.165) is 13.0 Å². The first kappa shape index (κ1) is 9.97. The average molecular weight is 311 g/mol. The Morgan fingerprint density at radius 3 is 2.69 bits per heavy atom. The van der Waals surface area contributed by atoms with Gasteiger partial charge in [0.05, 0.1) is 3.23 Å². The standard InChI is InChI=1S/C9H13Br2NO/c1-3-7-8-6(9(8,10)11)4-12(7)5(2)13/h6-8H,3-4H2,1-2H3/t6-,7+,8-/m0/s1. The van der Waals surface area contributed by atoms with E-state index in [0.29, 0.717) is 17.9 Å². The summed E-state index contributed by atoms with van der Waals surface area (Å²) in [6, 6.07) is 0.432. The van der Waals surface area contributed by atoms with Gasteiger partial charge in [-0.3, -0.25) is 4.79 Å². The molecule has 1 aliphatic heterocycles. The van der Waals surface area contributed by atoms with E-state index in [-0.39, 0.29) is 9.14 Å². The lowest BCUT2D eigenvalue weighted by molar-refractivity contribution is -0.130. The Balaban J connectivity index is 2.13. The summed E-state index contributed by atoms with van der Waals surface area (Å²) in [7, 11) is 0. The van der Waals surface area contributed by atoms with E-state index in [4.69, 9.17) is 0 Å². The molecule has 1 saturated carbocycles. The van der Waals surface area contributed by atoms with Crippen LogP contribution in [0.1, 0.15) is 20.3 Å². The van der Waals surface area contributed by atoms with Crippen molar-refractivity contribution in [2.24, 2.45) is 11.8 Å². The lowest BCUT2D eigenvalue weighted by Gasteiger charge is -2.27. The van der Waals surface area contributed by atoms with Gasteiger partial charge >= 0.3 is 0 Å². The van der Waals surface area contributed by atoms with Crippen molar-refractivity contribution in [1.82, 2.24) is 4.90 Å². The summed E-state index contributed by atoms with van der Waals surface area (Å²) < 4.78 is 0.132. The van der Waals surface area contributed by atoms with Crippen molar-refractivity contribution >= 4 is 37.8 Å². The van der Waals surface area contributed by atoms with Crippen LogP contribution in [0.25, 0.3) is 0 Å². The number of halogens is 2. The van der Waals surface area contributed by atoms with Gasteiger partial charge in [-0.05, 0) is 6.42 Å². The van der Waals surface area contributed by atoms with Crippen LogP contribution in [0, 0.1) is 11.8 Å². The van der Waals surface area contributed by atoms with E-state index < -0.39 is 0 Å². The molecule has 0 unspecified atom stereocenters. The zero-order valence-corrected chi connectivity index (χ0v) is 10.9. The van der Waals surface area contributed by atoms with Gasteiger partial charge in [-0.15, -0.1) is 0 Å². The first-order valence-electron chi connectivity index (χ1n) is 4.65. The zero-order chi connectivity index (χ0) is 9.80. The van der Waals surface area contributed by atoms with Crippen LogP contribution in [-0.2, 0) is 4.79 Å². The molecule has 0 N–H and O–H groups in total. The number of nitrogens with zero attached hydrogens (tertiary/aromatic N) is 1. The van der Waals surface area contributed by atoms with Crippen LogP contribution in [-0.4, -0.2) is 26.6 Å². The second kappa shape index (κ2) is 2.96. The second-order valence-corrected chi connectivity index (χ2v) is 7.64. The molecule has 4 heteroatoms. The normalized spacial score (nSPS) is 40.3. The number of piperidine rings is 1. The minimum atomic E-state index is 0.132. The van der Waals surface area contributed by atoms with Gasteiger partial charge < -0.3 is 4.90 Å². The Labute approximate surface area is 95.3 Å². The zero-order valence-electron chi connectivity index (χ0n) is 7.76. The molecule has 3 atom stereocenters. The topological polar surface area (TPSA) is 20.3 Å². The van der Waals surface area contributed by atoms with Crippen molar-refractivity contribution in [3.8, 4) is 0 Å². The van der Waals surface area contributed by atoms with Gasteiger partial charge in [0.25, 0.3) is 0 Å². The third kappa shape index (κ3) is 1.29. The number of likely N-dealkylation sites (tertiary alicyclic amines) is 1. The molecule has 2 fully saturated rings. The van der Waals surface area contributed by atoms with E-state index in [2.05, 4.69) is 38.8 Å². The second-order valence-electron chi connectivity index (χ2n) is 3.95. The molecule has 0 bridgehead atoms. The molecule has 0 aromatic rings. The number of carbonyl (C=O) groups excluding carboxylic acids is 1. The monoisotopic (exact) mass is 309 g/mol. The van der Waals surface area contributed by atoms with Gasteiger partial charge in [0, 0.05) is 31.3 Å². The van der Waals surface area contributed by atoms with Crippen molar-refractivity contribution in [3.63, 3.8) is 0 Å². The Hall–Kier alpha value is 0.430. The summed E-state index contributed by atoms with van der Waals surface area (Å²) in [5.74, 6) is 1.44. The summed E-state index contributed by atoms with van der Waals surface area (Å²) in [6.07, 6.45) is 1.06. The lowest BCUT2D eigenvalue weighted by Crippen LogP contribution is -2.39. The number of fused-ring (bicyclic) bond motifs is 1. The smallest absolute Gasteiger partial charge is 0.219 e. The van der Waals surface area contributed by atoms with Gasteiger partial charge in [-0.1, -0.05) is 38.8 Å². The fraction of sp³-hybridized carbons (Fsp3) is 0.889. The molecular weight excluding hydrogens is 298 g/mol. The van der Waals surface area contributed by atoms with Gasteiger partial charge in [-0.2, -0.15) is 0 Å². The van der Waals surface area contributed by atoms with Crippen molar-refractivity contribution in [1.29, 1.82) is 0 Å². The molecule has 1 amide bonds. The van der Waals surface area contributed by atoms with Crippen LogP contribution >= 0.6 is 31.9 Å². The average Bonchev–Trinajstić information content (AvgIpc) is 2.48. The molecule has 0 aromatic heterocycles. The number of carbonyl (C=O) groups is 1. The maximum Gasteiger partial charge on any atom is 0.219 e. The summed E-state index contributed by atoms with van der Waals surface area (Å²) in [4.78, 5) is 13.3. The molecule has 2 nitrogen and oxygen atoms in total. The summed E-state index contributed by atoms with van der Waals surface area (Å²) in [6.45, 7) is 4.73. The highest BCUT2D eigenvalue weighted by atomic mass is 79.9. The molecule has 0 spiro atoms. The van der Waals surface area contributed by atoms with Crippen molar-refractivity contribution in [2.45, 2.75) is 29.5 Å². The van der Waals surface area contributed by atoms with Gasteiger partial charge in [0.1, 0.15) is 0 Å². The summed E-state index contributed by atoms with van der Waals surface area (Å²) >= 11 is 7.33. The van der Waals surface area contributed by atoms with E-state index >= 15 is 0 Å². The van der Waals surface area contributed by atoms with E-state index in [1.807, 2.05) is 4.90 Å². The number of hydrogen-bond acceptors (Lipinski definition) is 1. The van der Waals surface area contributed by atoms with Crippen LogP contribution < -0.4 is 0 Å². The van der Waals surface area contributed by atoms with Crippen LogP contribution in [0.3, 0.4) is 0 Å². The van der Waals surface area contributed by atoms with Gasteiger partial charge in [0.15, 0.2) is 0 Å². The fourth-order valence-electron chi connectivity index (χ4n) is 2.55. The molecule has 74 valence electrons. The third-order valence-corrected chi connectivity index (χ3v) is 5.53. The Morgan fingerprint density at radius 2 is 2.23 bits per heavy atom. The fourth-order valence-corrected chi connectivity index (χ4v) is 4.40. The first-order valence-corrected chi connectivity index (χ1v) is 6.23. The highest BCUT2D eigenvalue weighted by Crippen LogP contribution is 2.67. The summed E-state index contributed by atoms with van der Waals surface area (Å²) in [5.41, 5.74) is 0. The number of rotatable bonds is 1. The summed E-state index contributed by atoms with van der Waals surface area (Å²) in [5, 5.41) is 0. The molecular formula is C9H13Br2NO.